The SMILES string of the molecule is Cn1c(C(=O)NC2(c3ccccc3)CCN(S(C)(=O)=O)CC2)cc2c(Cl)c(Cl)ccc21. The van der Waals surface area contributed by atoms with Crippen LogP contribution in [-0.2, 0) is 22.6 Å². The van der Waals surface area contributed by atoms with Crippen molar-refractivity contribution in [2.75, 3.05) is 19.3 Å². The first-order valence-electron chi connectivity index (χ1n) is 9.89. The van der Waals surface area contributed by atoms with Crippen molar-refractivity contribution in [1.29, 1.82) is 0 Å². The lowest BCUT2D eigenvalue weighted by atomic mass is 9.81. The number of aryl methyl sites for hydroxylation is 1. The summed E-state index contributed by atoms with van der Waals surface area (Å²) in [5.41, 5.74) is 1.55. The molecule has 2 heterocycles. The van der Waals surface area contributed by atoms with Gasteiger partial charge < -0.3 is 9.88 Å². The van der Waals surface area contributed by atoms with Crippen LogP contribution in [0.5, 0.6) is 0 Å². The number of carbonyl (C=O) groups excluding carboxylic acids is 1. The first-order valence-corrected chi connectivity index (χ1v) is 12.5. The molecule has 31 heavy (non-hydrogen) atoms. The maximum atomic E-state index is 13.4. The Bertz CT molecular complexity index is 1250. The van der Waals surface area contributed by atoms with Crippen LogP contribution in [0.2, 0.25) is 10.0 Å². The summed E-state index contributed by atoms with van der Waals surface area (Å²) in [5.74, 6) is -0.248. The lowest BCUT2D eigenvalue weighted by molar-refractivity contribution is 0.0844. The highest BCUT2D eigenvalue weighted by molar-refractivity contribution is 7.88. The summed E-state index contributed by atoms with van der Waals surface area (Å²) in [7, 11) is -1.47. The van der Waals surface area contributed by atoms with E-state index in [4.69, 9.17) is 23.2 Å². The van der Waals surface area contributed by atoms with E-state index in [1.165, 1.54) is 10.6 Å². The minimum Gasteiger partial charge on any atom is -0.341 e. The van der Waals surface area contributed by atoms with Gasteiger partial charge in [0.05, 0.1) is 21.8 Å². The van der Waals surface area contributed by atoms with Gasteiger partial charge in [0, 0.05) is 31.0 Å². The average Bonchev–Trinajstić information content (AvgIpc) is 3.08. The molecule has 0 spiro atoms. The molecule has 2 aromatic carbocycles. The van der Waals surface area contributed by atoms with E-state index in [0.29, 0.717) is 47.1 Å². The molecule has 0 atom stereocenters. The van der Waals surface area contributed by atoms with Crippen LogP contribution >= 0.6 is 23.2 Å². The summed E-state index contributed by atoms with van der Waals surface area (Å²) in [4.78, 5) is 13.4. The Balaban J connectivity index is 1.70. The Morgan fingerprint density at radius 3 is 2.32 bits per heavy atom. The van der Waals surface area contributed by atoms with Crippen molar-refractivity contribution in [3.8, 4) is 0 Å². The van der Waals surface area contributed by atoms with Gasteiger partial charge in [-0.2, -0.15) is 0 Å². The molecule has 1 saturated heterocycles. The van der Waals surface area contributed by atoms with E-state index in [1.807, 2.05) is 43.4 Å². The molecule has 1 aliphatic heterocycles. The molecule has 1 fully saturated rings. The Morgan fingerprint density at radius 2 is 1.71 bits per heavy atom. The van der Waals surface area contributed by atoms with Gasteiger partial charge >= 0.3 is 0 Å². The van der Waals surface area contributed by atoms with E-state index < -0.39 is 15.6 Å². The highest BCUT2D eigenvalue weighted by Crippen LogP contribution is 2.36. The van der Waals surface area contributed by atoms with Gasteiger partial charge in [0.15, 0.2) is 0 Å². The number of nitrogens with zero attached hydrogens (tertiary/aromatic N) is 2. The maximum absolute atomic E-state index is 13.4. The number of rotatable bonds is 4. The fourth-order valence-electron chi connectivity index (χ4n) is 4.29. The van der Waals surface area contributed by atoms with Crippen LogP contribution in [0.3, 0.4) is 0 Å². The van der Waals surface area contributed by atoms with Crippen LogP contribution in [0.15, 0.2) is 48.5 Å². The number of fused-ring (bicyclic) bond motifs is 1. The number of sulfonamides is 1. The first-order chi connectivity index (χ1) is 14.6. The number of hydrogen-bond acceptors (Lipinski definition) is 3. The van der Waals surface area contributed by atoms with Crippen LogP contribution in [-0.4, -0.2) is 42.5 Å². The van der Waals surface area contributed by atoms with E-state index in [1.54, 1.807) is 16.7 Å². The number of aromatic nitrogens is 1. The predicted octanol–water partition coefficient (Wildman–Crippen LogP) is 4.17. The molecule has 3 aromatic rings. The normalized spacial score (nSPS) is 17.0. The molecule has 0 aliphatic carbocycles. The fourth-order valence-corrected chi connectivity index (χ4v) is 5.52. The van der Waals surface area contributed by atoms with Gasteiger partial charge in [0.25, 0.3) is 5.91 Å². The van der Waals surface area contributed by atoms with E-state index >= 15 is 0 Å². The highest BCUT2D eigenvalue weighted by Gasteiger charge is 2.40. The zero-order valence-corrected chi connectivity index (χ0v) is 19.6. The van der Waals surface area contributed by atoms with Crippen molar-refractivity contribution >= 4 is 50.0 Å². The third-order valence-corrected chi connectivity index (χ3v) is 8.19. The van der Waals surface area contributed by atoms with Gasteiger partial charge in [-0.15, -0.1) is 0 Å². The monoisotopic (exact) mass is 479 g/mol. The van der Waals surface area contributed by atoms with Gasteiger partial charge in [-0.1, -0.05) is 53.5 Å². The molecule has 9 heteroatoms. The minimum atomic E-state index is -3.28. The van der Waals surface area contributed by atoms with Gasteiger partial charge in [0.1, 0.15) is 5.69 Å². The minimum absolute atomic E-state index is 0.248. The Morgan fingerprint density at radius 1 is 1.06 bits per heavy atom. The zero-order valence-electron chi connectivity index (χ0n) is 17.2. The number of halogens is 2. The second-order valence-corrected chi connectivity index (χ2v) is 10.7. The zero-order chi connectivity index (χ0) is 22.4. The predicted molar refractivity (Wildman–Crippen MR) is 124 cm³/mol. The van der Waals surface area contributed by atoms with Gasteiger partial charge in [-0.25, -0.2) is 12.7 Å². The summed E-state index contributed by atoms with van der Waals surface area (Å²) in [6.07, 6.45) is 2.17. The summed E-state index contributed by atoms with van der Waals surface area (Å²) in [5, 5.41) is 4.77. The molecule has 6 nitrogen and oxygen atoms in total. The average molecular weight is 480 g/mol. The van der Waals surface area contributed by atoms with Crippen LogP contribution in [0.1, 0.15) is 28.9 Å². The molecule has 0 unspecified atom stereocenters. The number of carbonyl (C=O) groups is 1. The van der Waals surface area contributed by atoms with E-state index in [-0.39, 0.29) is 5.91 Å². The molecule has 164 valence electrons. The van der Waals surface area contributed by atoms with E-state index in [9.17, 15) is 13.2 Å². The standard InChI is InChI=1S/C22H23Cl2N3O3S/c1-26-18-9-8-17(23)20(24)16(18)14-19(26)21(28)25-22(15-6-4-3-5-7-15)10-12-27(13-11-22)31(2,29)30/h3-9,14H,10-13H2,1-2H3,(H,25,28). The summed E-state index contributed by atoms with van der Waals surface area (Å²) >= 11 is 12.5. The molecule has 0 radical (unpaired) electrons. The molecule has 1 aliphatic rings. The van der Waals surface area contributed by atoms with Crippen LogP contribution < -0.4 is 5.32 Å². The molecular weight excluding hydrogens is 457 g/mol. The van der Waals surface area contributed by atoms with Crippen molar-refractivity contribution in [3.63, 3.8) is 0 Å². The molecule has 1 aromatic heterocycles. The number of hydrogen-bond donors (Lipinski definition) is 1. The lowest BCUT2D eigenvalue weighted by Gasteiger charge is -2.42. The molecular formula is C22H23Cl2N3O3S. The van der Waals surface area contributed by atoms with Gasteiger partial charge in [-0.3, -0.25) is 4.79 Å². The largest absolute Gasteiger partial charge is 0.341 e. The summed E-state index contributed by atoms with van der Waals surface area (Å²) < 4.78 is 27.2. The Labute approximate surface area is 191 Å². The topological polar surface area (TPSA) is 71.4 Å². The quantitative estimate of drug-likeness (QED) is 0.610. The van der Waals surface area contributed by atoms with Crippen molar-refractivity contribution in [1.82, 2.24) is 14.2 Å². The van der Waals surface area contributed by atoms with E-state index in [0.717, 1.165) is 11.1 Å². The third-order valence-electron chi connectivity index (χ3n) is 6.07. The molecule has 1 N–H and O–H groups in total. The number of nitrogens with one attached hydrogen (secondary N) is 1. The summed E-state index contributed by atoms with van der Waals surface area (Å²) in [6, 6.07) is 15.0. The highest BCUT2D eigenvalue weighted by atomic mass is 35.5. The van der Waals surface area contributed by atoms with Crippen LogP contribution in [0, 0.1) is 0 Å². The van der Waals surface area contributed by atoms with Crippen molar-refractivity contribution in [2.24, 2.45) is 7.05 Å². The maximum Gasteiger partial charge on any atom is 0.268 e. The van der Waals surface area contributed by atoms with Crippen LogP contribution in [0.25, 0.3) is 10.9 Å². The second-order valence-electron chi connectivity index (χ2n) is 7.95. The number of amides is 1. The van der Waals surface area contributed by atoms with E-state index in [2.05, 4.69) is 5.32 Å². The van der Waals surface area contributed by atoms with Gasteiger partial charge in [-0.05, 0) is 36.6 Å². The van der Waals surface area contributed by atoms with Crippen molar-refractivity contribution < 1.29 is 13.2 Å². The molecule has 4 rings (SSSR count). The smallest absolute Gasteiger partial charge is 0.268 e. The van der Waals surface area contributed by atoms with Crippen molar-refractivity contribution in [2.45, 2.75) is 18.4 Å². The molecule has 0 saturated carbocycles. The second kappa shape index (κ2) is 8.13. The molecule has 1 amide bonds. The van der Waals surface area contributed by atoms with Crippen molar-refractivity contribution in [3.05, 3.63) is 69.8 Å². The van der Waals surface area contributed by atoms with Crippen LogP contribution in [0.4, 0.5) is 0 Å². The number of piperidine rings is 1. The Hall–Kier alpha value is -2.06. The fraction of sp³-hybridized carbons (Fsp3) is 0.318. The Kier molecular flexibility index (Phi) is 5.81. The molecule has 0 bridgehead atoms. The summed E-state index contributed by atoms with van der Waals surface area (Å²) in [6.45, 7) is 0.676. The first kappa shape index (κ1) is 22.1. The lowest BCUT2D eigenvalue weighted by Crippen LogP contribution is -2.54. The third kappa shape index (κ3) is 4.07. The van der Waals surface area contributed by atoms with Gasteiger partial charge in [0.2, 0.25) is 10.0 Å². The number of benzene rings is 2.